The average molecular weight is 363 g/mol. The molecule has 0 amide bonds. The van der Waals surface area contributed by atoms with Crippen molar-refractivity contribution in [2.75, 3.05) is 5.32 Å². The van der Waals surface area contributed by atoms with Gasteiger partial charge >= 0.3 is 0 Å². The molecule has 4 rings (SSSR count). The van der Waals surface area contributed by atoms with Crippen LogP contribution >= 0.6 is 0 Å². The van der Waals surface area contributed by atoms with Crippen LogP contribution in [-0.4, -0.2) is 36.2 Å². The zero-order valence-electron chi connectivity index (χ0n) is 15.4. The number of aryl methyl sites for hydroxylation is 1. The second-order valence-electron chi connectivity index (χ2n) is 6.73. The van der Waals surface area contributed by atoms with E-state index >= 15 is 0 Å². The Kier molecular flexibility index (Phi) is 4.45. The standard InChI is InChI=1S/C19H21N7O/c1-11(2)27-17-6-16(25-26-17)24-19-22-8-13(9-23-19)5-14-10-21-18-15(14)4-12(3)7-20-18/h4,6-11H,5H2,1-3H3,(H,20,21)(H2,22,23,24,25,26). The van der Waals surface area contributed by atoms with Gasteiger partial charge in [0.05, 0.1) is 6.10 Å². The van der Waals surface area contributed by atoms with Gasteiger partial charge in [-0.2, -0.15) is 0 Å². The van der Waals surface area contributed by atoms with Crippen molar-refractivity contribution in [1.29, 1.82) is 0 Å². The Labute approximate surface area is 156 Å². The SMILES string of the molecule is Cc1cnc2[nH]cc(Cc3cnc(Nc4cc(OC(C)C)n[nH]4)nc3)c2c1. The fraction of sp³-hybridized carbons (Fsp3) is 0.263. The number of aromatic nitrogens is 6. The Morgan fingerprint density at radius 3 is 2.70 bits per heavy atom. The number of anilines is 2. The van der Waals surface area contributed by atoms with Crippen LogP contribution in [0.15, 0.2) is 36.9 Å². The zero-order chi connectivity index (χ0) is 18.8. The first kappa shape index (κ1) is 17.0. The van der Waals surface area contributed by atoms with E-state index in [2.05, 4.69) is 41.5 Å². The van der Waals surface area contributed by atoms with Gasteiger partial charge < -0.3 is 15.0 Å². The van der Waals surface area contributed by atoms with Gasteiger partial charge in [0, 0.05) is 42.7 Å². The van der Waals surface area contributed by atoms with E-state index in [9.17, 15) is 0 Å². The summed E-state index contributed by atoms with van der Waals surface area (Å²) in [6, 6.07) is 3.92. The van der Waals surface area contributed by atoms with Crippen molar-refractivity contribution in [3.8, 4) is 5.88 Å². The first-order valence-corrected chi connectivity index (χ1v) is 8.79. The molecule has 27 heavy (non-hydrogen) atoms. The van der Waals surface area contributed by atoms with Gasteiger partial charge in [-0.1, -0.05) is 0 Å². The molecule has 3 N–H and O–H groups in total. The fourth-order valence-electron chi connectivity index (χ4n) is 2.83. The fourth-order valence-corrected chi connectivity index (χ4v) is 2.83. The Bertz CT molecular complexity index is 1050. The molecule has 0 saturated heterocycles. The summed E-state index contributed by atoms with van der Waals surface area (Å²) in [5.41, 5.74) is 4.24. The molecule has 0 atom stereocenters. The number of pyridine rings is 1. The van der Waals surface area contributed by atoms with Crippen molar-refractivity contribution in [3.05, 3.63) is 53.6 Å². The van der Waals surface area contributed by atoms with Gasteiger partial charge in [0.1, 0.15) is 11.5 Å². The molecule has 0 aromatic carbocycles. The summed E-state index contributed by atoms with van der Waals surface area (Å²) >= 11 is 0. The highest BCUT2D eigenvalue weighted by atomic mass is 16.5. The number of hydrogen-bond donors (Lipinski definition) is 3. The summed E-state index contributed by atoms with van der Waals surface area (Å²) < 4.78 is 5.52. The first-order chi connectivity index (χ1) is 13.1. The summed E-state index contributed by atoms with van der Waals surface area (Å²) in [5.74, 6) is 1.71. The van der Waals surface area contributed by atoms with Crippen molar-refractivity contribution in [1.82, 2.24) is 30.1 Å². The van der Waals surface area contributed by atoms with Crippen molar-refractivity contribution < 1.29 is 4.74 Å². The predicted molar refractivity (Wildman–Crippen MR) is 103 cm³/mol. The molecule has 0 spiro atoms. The molecule has 0 saturated carbocycles. The van der Waals surface area contributed by atoms with Gasteiger partial charge in [0.25, 0.3) is 0 Å². The number of fused-ring (bicyclic) bond motifs is 1. The highest BCUT2D eigenvalue weighted by molar-refractivity contribution is 5.80. The molecule has 0 unspecified atom stereocenters. The molecule has 4 heterocycles. The smallest absolute Gasteiger partial charge is 0.234 e. The molecule has 8 heteroatoms. The number of H-pyrrole nitrogens is 2. The number of hydrogen-bond acceptors (Lipinski definition) is 6. The number of rotatable bonds is 6. The van der Waals surface area contributed by atoms with Gasteiger partial charge in [0.2, 0.25) is 11.8 Å². The lowest BCUT2D eigenvalue weighted by atomic mass is 10.1. The van der Waals surface area contributed by atoms with Gasteiger partial charge in [0.15, 0.2) is 0 Å². The maximum absolute atomic E-state index is 5.52. The normalized spacial score (nSPS) is 11.3. The maximum atomic E-state index is 5.52. The average Bonchev–Trinajstić information content (AvgIpc) is 3.23. The van der Waals surface area contributed by atoms with Crippen LogP contribution in [-0.2, 0) is 6.42 Å². The van der Waals surface area contributed by atoms with E-state index in [1.165, 1.54) is 5.56 Å². The molecule has 0 aliphatic heterocycles. The van der Waals surface area contributed by atoms with E-state index in [1.807, 2.05) is 45.6 Å². The summed E-state index contributed by atoms with van der Waals surface area (Å²) in [6.07, 6.45) is 8.30. The third kappa shape index (κ3) is 3.89. The lowest BCUT2D eigenvalue weighted by molar-refractivity contribution is 0.232. The Morgan fingerprint density at radius 1 is 1.11 bits per heavy atom. The number of aromatic amines is 2. The quantitative estimate of drug-likeness (QED) is 0.484. The third-order valence-electron chi connectivity index (χ3n) is 4.01. The van der Waals surface area contributed by atoms with Crippen LogP contribution in [0.1, 0.15) is 30.5 Å². The van der Waals surface area contributed by atoms with Crippen molar-refractivity contribution in [2.24, 2.45) is 0 Å². The molecule has 8 nitrogen and oxygen atoms in total. The highest BCUT2D eigenvalue weighted by Crippen LogP contribution is 2.21. The minimum atomic E-state index is 0.0696. The number of ether oxygens (including phenoxy) is 1. The minimum Gasteiger partial charge on any atom is -0.474 e. The third-order valence-corrected chi connectivity index (χ3v) is 4.01. The number of nitrogens with one attached hydrogen (secondary N) is 3. The van der Waals surface area contributed by atoms with Gasteiger partial charge in [-0.3, -0.25) is 5.10 Å². The summed E-state index contributed by atoms with van der Waals surface area (Å²) in [6.45, 7) is 5.95. The zero-order valence-corrected chi connectivity index (χ0v) is 15.4. The van der Waals surface area contributed by atoms with E-state index in [0.29, 0.717) is 17.6 Å². The van der Waals surface area contributed by atoms with E-state index in [0.717, 1.165) is 28.6 Å². The summed E-state index contributed by atoms with van der Waals surface area (Å²) in [4.78, 5) is 16.4. The Balaban J connectivity index is 1.45. The van der Waals surface area contributed by atoms with Crippen LogP contribution in [0, 0.1) is 6.92 Å². The molecule has 0 aliphatic carbocycles. The summed E-state index contributed by atoms with van der Waals surface area (Å²) in [7, 11) is 0. The predicted octanol–water partition coefficient (Wildman–Crippen LogP) is 3.51. The second-order valence-corrected chi connectivity index (χ2v) is 6.73. The van der Waals surface area contributed by atoms with Crippen molar-refractivity contribution in [3.63, 3.8) is 0 Å². The largest absolute Gasteiger partial charge is 0.474 e. The molecular formula is C19H21N7O. The topological polar surface area (TPSA) is 104 Å². The Morgan fingerprint density at radius 2 is 1.93 bits per heavy atom. The van der Waals surface area contributed by atoms with Gasteiger partial charge in [-0.15, -0.1) is 5.10 Å². The van der Waals surface area contributed by atoms with E-state index in [-0.39, 0.29) is 6.10 Å². The summed E-state index contributed by atoms with van der Waals surface area (Å²) in [5, 5.41) is 11.2. The minimum absolute atomic E-state index is 0.0696. The molecule has 0 radical (unpaired) electrons. The van der Waals surface area contributed by atoms with Crippen LogP contribution in [0.25, 0.3) is 11.0 Å². The lowest BCUT2D eigenvalue weighted by Crippen LogP contribution is -2.05. The first-order valence-electron chi connectivity index (χ1n) is 8.79. The molecule has 0 fully saturated rings. The highest BCUT2D eigenvalue weighted by Gasteiger charge is 2.08. The molecule has 138 valence electrons. The lowest BCUT2D eigenvalue weighted by Gasteiger charge is -2.04. The van der Waals surface area contributed by atoms with Crippen molar-refractivity contribution >= 4 is 22.8 Å². The van der Waals surface area contributed by atoms with Gasteiger partial charge in [-0.25, -0.2) is 15.0 Å². The molecule has 4 aromatic rings. The van der Waals surface area contributed by atoms with Crippen LogP contribution in [0.3, 0.4) is 0 Å². The van der Waals surface area contributed by atoms with Crippen LogP contribution in [0.5, 0.6) is 5.88 Å². The molecular weight excluding hydrogens is 342 g/mol. The van der Waals surface area contributed by atoms with Gasteiger partial charge in [-0.05, 0) is 43.5 Å². The van der Waals surface area contributed by atoms with Crippen LogP contribution < -0.4 is 10.1 Å². The number of nitrogens with zero attached hydrogens (tertiary/aromatic N) is 4. The van der Waals surface area contributed by atoms with E-state index in [4.69, 9.17) is 4.74 Å². The Hall–Kier alpha value is -3.42. The monoisotopic (exact) mass is 363 g/mol. The molecule has 0 aliphatic rings. The van der Waals surface area contributed by atoms with E-state index in [1.54, 1.807) is 6.07 Å². The van der Waals surface area contributed by atoms with Crippen LogP contribution in [0.2, 0.25) is 0 Å². The second kappa shape index (κ2) is 7.06. The molecule has 4 aromatic heterocycles. The van der Waals surface area contributed by atoms with E-state index < -0.39 is 0 Å². The maximum Gasteiger partial charge on any atom is 0.234 e. The van der Waals surface area contributed by atoms with Crippen LogP contribution in [0.4, 0.5) is 11.8 Å². The van der Waals surface area contributed by atoms with Crippen molar-refractivity contribution in [2.45, 2.75) is 33.3 Å². The molecule has 0 bridgehead atoms.